The van der Waals surface area contributed by atoms with Crippen molar-refractivity contribution in [1.29, 1.82) is 5.26 Å². The Kier molecular flexibility index (Phi) is 6.73. The molecule has 0 aliphatic heterocycles. The highest BCUT2D eigenvalue weighted by molar-refractivity contribution is 5.32. The topological polar surface area (TPSA) is 45.0 Å². The van der Waals surface area contributed by atoms with Gasteiger partial charge in [0.15, 0.2) is 0 Å². The number of nitrogens with zero attached hydrogens (tertiary/aromatic N) is 1. The lowest BCUT2D eigenvalue weighted by Crippen LogP contribution is -2.19. The van der Waals surface area contributed by atoms with E-state index in [1.807, 2.05) is 30.3 Å². The molecule has 3 nitrogen and oxygen atoms in total. The molecule has 0 saturated carbocycles. The molecule has 3 heteroatoms. The van der Waals surface area contributed by atoms with Crippen LogP contribution in [-0.4, -0.2) is 19.8 Å². The number of hydrogen-bond acceptors (Lipinski definition) is 3. The molecule has 0 bridgehead atoms. The summed E-state index contributed by atoms with van der Waals surface area (Å²) in [6.07, 6.45) is 2.74. The van der Waals surface area contributed by atoms with Crippen molar-refractivity contribution >= 4 is 0 Å². The third-order valence-corrected chi connectivity index (χ3v) is 2.27. The Balaban J connectivity index is 2.13. The average Bonchev–Trinajstić information content (AvgIpc) is 2.38. The third-order valence-electron chi connectivity index (χ3n) is 2.27. The average molecular weight is 230 g/mol. The number of nitriles is 1. The minimum atomic E-state index is 0.700. The van der Waals surface area contributed by atoms with Crippen molar-refractivity contribution in [2.75, 3.05) is 19.8 Å². The highest BCUT2D eigenvalue weighted by Crippen LogP contribution is 2.03. The highest BCUT2D eigenvalue weighted by atomic mass is 16.5. The van der Waals surface area contributed by atoms with Gasteiger partial charge >= 0.3 is 0 Å². The van der Waals surface area contributed by atoms with E-state index in [0.29, 0.717) is 12.2 Å². The molecule has 0 heterocycles. The summed E-state index contributed by atoms with van der Waals surface area (Å²) in [5.41, 5.74) is 1.82. The molecular formula is C14H18N2O. The Morgan fingerprint density at radius 3 is 3.06 bits per heavy atom. The van der Waals surface area contributed by atoms with Gasteiger partial charge in [-0.25, -0.2) is 0 Å². The first-order chi connectivity index (χ1) is 8.36. The van der Waals surface area contributed by atoms with Crippen LogP contribution in [0, 0.1) is 11.3 Å². The maximum Gasteiger partial charge on any atom is 0.0991 e. The van der Waals surface area contributed by atoms with Crippen LogP contribution >= 0.6 is 0 Å². The van der Waals surface area contributed by atoms with E-state index in [1.54, 1.807) is 0 Å². The maximum absolute atomic E-state index is 8.76. The lowest BCUT2D eigenvalue weighted by molar-refractivity contribution is 0.140. The van der Waals surface area contributed by atoms with Crippen molar-refractivity contribution in [1.82, 2.24) is 5.32 Å². The van der Waals surface area contributed by atoms with Gasteiger partial charge in [-0.2, -0.15) is 5.26 Å². The van der Waals surface area contributed by atoms with Crippen LogP contribution in [0.4, 0.5) is 0 Å². The van der Waals surface area contributed by atoms with E-state index in [4.69, 9.17) is 10.00 Å². The molecule has 0 aliphatic carbocycles. The van der Waals surface area contributed by atoms with E-state index in [1.165, 1.54) is 0 Å². The first kappa shape index (κ1) is 13.4. The molecule has 17 heavy (non-hydrogen) atoms. The fourth-order valence-electron chi connectivity index (χ4n) is 1.40. The lowest BCUT2D eigenvalue weighted by atomic mass is 10.1. The molecule has 90 valence electrons. The van der Waals surface area contributed by atoms with Crippen molar-refractivity contribution < 1.29 is 4.74 Å². The van der Waals surface area contributed by atoms with Crippen molar-refractivity contribution in [2.24, 2.45) is 0 Å². The second-order valence-corrected chi connectivity index (χ2v) is 3.68. The molecule has 0 spiro atoms. The molecule has 0 amide bonds. The molecule has 0 aliphatic rings. The summed E-state index contributed by atoms with van der Waals surface area (Å²) in [7, 11) is 0. The molecule has 0 fully saturated rings. The number of ether oxygens (including phenoxy) is 1. The van der Waals surface area contributed by atoms with Crippen LogP contribution in [-0.2, 0) is 11.3 Å². The van der Waals surface area contributed by atoms with Crippen LogP contribution < -0.4 is 5.32 Å². The molecule has 0 saturated heterocycles. The van der Waals surface area contributed by atoms with E-state index in [-0.39, 0.29) is 0 Å². The fraction of sp³-hybridized carbons (Fsp3) is 0.357. The van der Waals surface area contributed by atoms with Gasteiger partial charge in [0.25, 0.3) is 0 Å². The normalized spacial score (nSPS) is 9.82. The summed E-state index contributed by atoms with van der Waals surface area (Å²) in [6.45, 7) is 6.64. The van der Waals surface area contributed by atoms with Gasteiger partial charge in [0.1, 0.15) is 0 Å². The van der Waals surface area contributed by atoms with Crippen LogP contribution in [0.25, 0.3) is 0 Å². The molecule has 0 unspecified atom stereocenters. The molecule has 1 N–H and O–H groups in total. The SMILES string of the molecule is C=CCCOCCNCc1cccc(C#N)c1. The van der Waals surface area contributed by atoms with Gasteiger partial charge < -0.3 is 10.1 Å². The van der Waals surface area contributed by atoms with E-state index >= 15 is 0 Å². The Morgan fingerprint density at radius 1 is 1.41 bits per heavy atom. The highest BCUT2D eigenvalue weighted by Gasteiger charge is 1.94. The molecule has 1 aromatic carbocycles. The molecular weight excluding hydrogens is 212 g/mol. The van der Waals surface area contributed by atoms with Gasteiger partial charge in [0.2, 0.25) is 0 Å². The Bertz CT molecular complexity index is 382. The molecule has 0 radical (unpaired) electrons. The quantitative estimate of drug-likeness (QED) is 0.550. The van der Waals surface area contributed by atoms with Crippen LogP contribution in [0.3, 0.4) is 0 Å². The zero-order chi connectivity index (χ0) is 12.3. The Morgan fingerprint density at radius 2 is 2.29 bits per heavy atom. The second kappa shape index (κ2) is 8.51. The van der Waals surface area contributed by atoms with Gasteiger partial charge in [-0.1, -0.05) is 18.2 Å². The predicted molar refractivity (Wildman–Crippen MR) is 68.5 cm³/mol. The summed E-state index contributed by atoms with van der Waals surface area (Å²) in [4.78, 5) is 0. The first-order valence-corrected chi connectivity index (χ1v) is 5.75. The van der Waals surface area contributed by atoms with Gasteiger partial charge in [-0.3, -0.25) is 0 Å². The zero-order valence-corrected chi connectivity index (χ0v) is 9.98. The summed E-state index contributed by atoms with van der Waals surface area (Å²) in [5, 5.41) is 12.0. The summed E-state index contributed by atoms with van der Waals surface area (Å²) in [6, 6.07) is 9.74. The second-order valence-electron chi connectivity index (χ2n) is 3.68. The van der Waals surface area contributed by atoms with Gasteiger partial charge in [0.05, 0.1) is 24.8 Å². The predicted octanol–water partition coefficient (Wildman–Crippen LogP) is 2.24. The Hall–Kier alpha value is -1.63. The van der Waals surface area contributed by atoms with Crippen LogP contribution in [0.5, 0.6) is 0 Å². The molecule has 1 aromatic rings. The Labute approximate surface area is 103 Å². The number of rotatable bonds is 8. The van der Waals surface area contributed by atoms with Crippen LogP contribution in [0.15, 0.2) is 36.9 Å². The van der Waals surface area contributed by atoms with Crippen molar-refractivity contribution in [2.45, 2.75) is 13.0 Å². The van der Waals surface area contributed by atoms with Crippen molar-refractivity contribution in [3.05, 3.63) is 48.0 Å². The summed E-state index contributed by atoms with van der Waals surface area (Å²) < 4.78 is 5.37. The fourth-order valence-corrected chi connectivity index (χ4v) is 1.40. The minimum absolute atomic E-state index is 0.700. The molecule has 1 rings (SSSR count). The number of hydrogen-bond donors (Lipinski definition) is 1. The van der Waals surface area contributed by atoms with Crippen LogP contribution in [0.2, 0.25) is 0 Å². The largest absolute Gasteiger partial charge is 0.380 e. The van der Waals surface area contributed by atoms with Gasteiger partial charge in [-0.05, 0) is 24.1 Å². The molecule has 0 atom stereocenters. The monoisotopic (exact) mass is 230 g/mol. The number of nitrogens with one attached hydrogen (secondary N) is 1. The smallest absolute Gasteiger partial charge is 0.0991 e. The van der Waals surface area contributed by atoms with Crippen molar-refractivity contribution in [3.8, 4) is 6.07 Å². The summed E-state index contributed by atoms with van der Waals surface area (Å²) in [5.74, 6) is 0. The van der Waals surface area contributed by atoms with E-state index < -0.39 is 0 Å². The van der Waals surface area contributed by atoms with E-state index in [9.17, 15) is 0 Å². The van der Waals surface area contributed by atoms with Gasteiger partial charge in [0, 0.05) is 13.1 Å². The third kappa shape index (κ3) is 5.86. The van der Waals surface area contributed by atoms with Gasteiger partial charge in [-0.15, -0.1) is 6.58 Å². The maximum atomic E-state index is 8.76. The first-order valence-electron chi connectivity index (χ1n) is 5.75. The minimum Gasteiger partial charge on any atom is -0.380 e. The van der Waals surface area contributed by atoms with Crippen molar-refractivity contribution in [3.63, 3.8) is 0 Å². The van der Waals surface area contributed by atoms with Crippen LogP contribution in [0.1, 0.15) is 17.5 Å². The standard InChI is InChI=1S/C14H18N2O/c1-2-3-8-17-9-7-16-12-14-6-4-5-13(10-14)11-15/h2,4-6,10,16H,1,3,7-9,12H2. The zero-order valence-electron chi connectivity index (χ0n) is 9.98. The van der Waals surface area contributed by atoms with E-state index in [2.05, 4.69) is 18.0 Å². The van der Waals surface area contributed by atoms with E-state index in [0.717, 1.165) is 31.7 Å². The summed E-state index contributed by atoms with van der Waals surface area (Å²) >= 11 is 0. The lowest BCUT2D eigenvalue weighted by Gasteiger charge is -2.05. The molecule has 0 aromatic heterocycles. The number of benzene rings is 1.